The van der Waals surface area contributed by atoms with Gasteiger partial charge < -0.3 is 0 Å². The maximum absolute atomic E-state index is 12.5. The molecule has 1 aromatic heterocycles. The van der Waals surface area contributed by atoms with Crippen LogP contribution in [0.25, 0.3) is 0 Å². The Balaban J connectivity index is 2.48. The molecular weight excluding hydrogens is 381 g/mol. The van der Waals surface area contributed by atoms with Gasteiger partial charge in [0.15, 0.2) is 5.78 Å². The molecule has 0 saturated heterocycles. The third-order valence-corrected chi connectivity index (χ3v) is 5.59. The minimum atomic E-state index is -0.999. The summed E-state index contributed by atoms with van der Waals surface area (Å²) in [7, 11) is 0. The number of hydrogen-bond donors (Lipinski definition) is 0. The summed E-state index contributed by atoms with van der Waals surface area (Å²) in [5, 5.41) is 9.99. The summed E-state index contributed by atoms with van der Waals surface area (Å²) in [6, 6.07) is 8.68. The van der Waals surface area contributed by atoms with Crippen LogP contribution in [0.3, 0.4) is 0 Å². The van der Waals surface area contributed by atoms with E-state index in [9.17, 15) is 10.1 Å². The number of nitrogens with zero attached hydrogens (tertiary/aromatic N) is 1. The molecule has 20 heavy (non-hydrogen) atoms. The van der Waals surface area contributed by atoms with Crippen LogP contribution in [0.5, 0.6) is 0 Å². The van der Waals surface area contributed by atoms with Crippen molar-refractivity contribution in [2.45, 2.75) is 12.8 Å². The summed E-state index contributed by atoms with van der Waals surface area (Å²) in [4.78, 5) is 13.0. The molecule has 1 atom stereocenters. The molecule has 0 aliphatic carbocycles. The zero-order valence-electron chi connectivity index (χ0n) is 10.3. The predicted octanol–water partition coefficient (Wildman–Crippen LogP) is 5.62. The summed E-state index contributed by atoms with van der Waals surface area (Å²) in [6.07, 6.45) is 0. The molecule has 0 radical (unpaired) electrons. The Morgan fingerprint density at radius 3 is 2.45 bits per heavy atom. The second-order valence-electron chi connectivity index (χ2n) is 4.13. The number of nitriles is 1. The molecule has 0 amide bonds. The van der Waals surface area contributed by atoms with Crippen molar-refractivity contribution in [2.75, 3.05) is 0 Å². The molecule has 0 bridgehead atoms. The molecule has 2 rings (SSSR count). The van der Waals surface area contributed by atoms with Gasteiger partial charge in [0.05, 0.1) is 14.7 Å². The Hall–Kier alpha value is -0.860. The highest BCUT2D eigenvalue weighted by Gasteiger charge is 2.27. The molecule has 102 valence electrons. The highest BCUT2D eigenvalue weighted by Crippen LogP contribution is 2.36. The van der Waals surface area contributed by atoms with Crippen molar-refractivity contribution in [1.29, 1.82) is 5.26 Å². The fourth-order valence-electron chi connectivity index (χ4n) is 1.76. The first-order valence-electron chi connectivity index (χ1n) is 5.59. The smallest absolute Gasteiger partial charge is 0.194 e. The molecule has 0 aliphatic heterocycles. The van der Waals surface area contributed by atoms with Gasteiger partial charge in [0.2, 0.25) is 0 Å². The molecule has 2 aromatic rings. The SMILES string of the molecule is Cc1cc(C(=O)C(C#N)c2c(Cl)cccc2Cl)sc1Br. The van der Waals surface area contributed by atoms with Crippen LogP contribution in [0.15, 0.2) is 28.1 Å². The lowest BCUT2D eigenvalue weighted by atomic mass is 9.95. The maximum atomic E-state index is 12.5. The first-order chi connectivity index (χ1) is 9.45. The largest absolute Gasteiger partial charge is 0.291 e. The zero-order valence-corrected chi connectivity index (χ0v) is 14.2. The monoisotopic (exact) mass is 387 g/mol. The summed E-state index contributed by atoms with van der Waals surface area (Å²) >= 11 is 16.8. The van der Waals surface area contributed by atoms with Crippen LogP contribution in [0, 0.1) is 18.3 Å². The van der Waals surface area contributed by atoms with Crippen molar-refractivity contribution in [3.63, 3.8) is 0 Å². The van der Waals surface area contributed by atoms with E-state index >= 15 is 0 Å². The minimum absolute atomic E-state index is 0.290. The van der Waals surface area contributed by atoms with E-state index in [1.54, 1.807) is 24.3 Å². The van der Waals surface area contributed by atoms with Gasteiger partial charge in [0.25, 0.3) is 0 Å². The van der Waals surface area contributed by atoms with Gasteiger partial charge in [-0.15, -0.1) is 11.3 Å². The Morgan fingerprint density at radius 2 is 2.00 bits per heavy atom. The van der Waals surface area contributed by atoms with E-state index in [0.29, 0.717) is 20.5 Å². The minimum Gasteiger partial charge on any atom is -0.291 e. The maximum Gasteiger partial charge on any atom is 0.194 e. The van der Waals surface area contributed by atoms with Crippen molar-refractivity contribution in [1.82, 2.24) is 0 Å². The fraction of sp³-hybridized carbons (Fsp3) is 0.143. The van der Waals surface area contributed by atoms with Gasteiger partial charge in [-0.05, 0) is 46.6 Å². The Labute approximate surface area is 139 Å². The molecule has 2 nitrogen and oxygen atoms in total. The van der Waals surface area contributed by atoms with Crippen molar-refractivity contribution >= 4 is 56.3 Å². The van der Waals surface area contributed by atoms with Crippen molar-refractivity contribution < 1.29 is 4.79 Å². The molecule has 0 spiro atoms. The number of carbonyl (C=O) groups excluding carboxylic acids is 1. The van der Waals surface area contributed by atoms with Gasteiger partial charge in [-0.25, -0.2) is 0 Å². The van der Waals surface area contributed by atoms with Gasteiger partial charge in [0.1, 0.15) is 5.92 Å². The topological polar surface area (TPSA) is 40.9 Å². The number of Topliss-reactive ketones (excluding diaryl/α,β-unsaturated/α-hetero) is 1. The number of hydrogen-bond acceptors (Lipinski definition) is 3. The normalized spacial score (nSPS) is 11.9. The van der Waals surface area contributed by atoms with Gasteiger partial charge in [-0.3, -0.25) is 4.79 Å². The lowest BCUT2D eigenvalue weighted by Crippen LogP contribution is -2.11. The average molecular weight is 389 g/mol. The van der Waals surface area contributed by atoms with Crippen LogP contribution in [0.4, 0.5) is 0 Å². The molecule has 1 heterocycles. The van der Waals surface area contributed by atoms with Crippen LogP contribution < -0.4 is 0 Å². The summed E-state index contributed by atoms with van der Waals surface area (Å²) in [5.41, 5.74) is 1.32. The second-order valence-corrected chi connectivity index (χ2v) is 7.31. The van der Waals surface area contributed by atoms with Crippen LogP contribution in [-0.2, 0) is 0 Å². The number of halogens is 3. The van der Waals surface area contributed by atoms with Crippen LogP contribution in [0.2, 0.25) is 10.0 Å². The quantitative estimate of drug-likeness (QED) is 0.640. The summed E-state index contributed by atoms with van der Waals surface area (Å²) in [5.74, 6) is -1.29. The molecule has 0 aliphatic rings. The van der Waals surface area contributed by atoms with E-state index in [-0.39, 0.29) is 5.78 Å². The molecule has 0 saturated carbocycles. The van der Waals surface area contributed by atoms with Crippen molar-refractivity contribution in [3.8, 4) is 6.07 Å². The lowest BCUT2D eigenvalue weighted by Gasteiger charge is -2.11. The zero-order chi connectivity index (χ0) is 14.9. The van der Waals surface area contributed by atoms with E-state index in [4.69, 9.17) is 23.2 Å². The number of rotatable bonds is 3. The molecule has 1 aromatic carbocycles. The number of thiophene rings is 1. The molecule has 6 heteroatoms. The van der Waals surface area contributed by atoms with Gasteiger partial charge >= 0.3 is 0 Å². The third kappa shape index (κ3) is 2.91. The summed E-state index contributed by atoms with van der Waals surface area (Å²) in [6.45, 7) is 1.89. The van der Waals surface area contributed by atoms with E-state index < -0.39 is 5.92 Å². The number of carbonyl (C=O) groups is 1. The molecular formula is C14H8BrCl2NOS. The van der Waals surface area contributed by atoms with Crippen LogP contribution >= 0.6 is 50.5 Å². The van der Waals surface area contributed by atoms with Crippen LogP contribution in [0.1, 0.15) is 26.7 Å². The number of ketones is 1. The molecule has 0 fully saturated rings. The Bertz CT molecular complexity index is 681. The van der Waals surface area contributed by atoms with Crippen molar-refractivity contribution in [3.05, 3.63) is 54.1 Å². The second kappa shape index (κ2) is 6.28. The van der Waals surface area contributed by atoms with E-state index in [0.717, 1.165) is 9.35 Å². The highest BCUT2D eigenvalue weighted by atomic mass is 79.9. The fourth-order valence-corrected chi connectivity index (χ4v) is 3.88. The van der Waals surface area contributed by atoms with Crippen molar-refractivity contribution in [2.24, 2.45) is 0 Å². The van der Waals surface area contributed by atoms with Crippen LogP contribution in [-0.4, -0.2) is 5.78 Å². The predicted molar refractivity (Wildman–Crippen MR) is 85.9 cm³/mol. The Kier molecular flexibility index (Phi) is 4.87. The van der Waals surface area contributed by atoms with Gasteiger partial charge in [-0.1, -0.05) is 29.3 Å². The Morgan fingerprint density at radius 1 is 1.40 bits per heavy atom. The third-order valence-electron chi connectivity index (χ3n) is 2.78. The van der Waals surface area contributed by atoms with Gasteiger partial charge in [-0.2, -0.15) is 5.26 Å². The first-order valence-corrected chi connectivity index (χ1v) is 7.96. The van der Waals surface area contributed by atoms with E-state index in [2.05, 4.69) is 15.9 Å². The van der Waals surface area contributed by atoms with E-state index in [1.165, 1.54) is 11.3 Å². The average Bonchev–Trinajstić information content (AvgIpc) is 2.73. The highest BCUT2D eigenvalue weighted by molar-refractivity contribution is 9.11. The standard InChI is InChI=1S/C14H8BrCl2NOS/c1-7-5-11(20-14(7)15)13(19)8(6-18)12-9(16)3-2-4-10(12)17/h2-5,8H,1H3. The molecule has 1 unspecified atom stereocenters. The summed E-state index contributed by atoms with van der Waals surface area (Å²) < 4.78 is 0.878. The first kappa shape index (κ1) is 15.5. The number of aryl methyl sites for hydroxylation is 1. The van der Waals surface area contributed by atoms with Gasteiger partial charge in [0, 0.05) is 15.6 Å². The number of benzene rings is 1. The lowest BCUT2D eigenvalue weighted by molar-refractivity contribution is 0.0983. The molecule has 0 N–H and O–H groups in total. The van der Waals surface area contributed by atoms with E-state index in [1.807, 2.05) is 13.0 Å².